The molecule has 0 atom stereocenters. The molecule has 264 valence electrons. The van der Waals surface area contributed by atoms with Gasteiger partial charge >= 0.3 is 6.18 Å². The fourth-order valence-corrected chi connectivity index (χ4v) is 6.85. The largest absolute Gasteiger partial charge is 0.433 e. The number of alkyl halides is 4. The number of carbonyl (C=O) groups is 2. The standard InChI is InChI=1S/C35H36F5N7O3/c1-18-29(19(2)43-28(42-18)15-27(41)48)21-13-24(36)23(16-50-17-33(37)7-8-33)25(14-21)47-11-9-34(10-12-47)32(49)45-31(46-34)22-5-6-26(35(38,39)40)44-30(22)20-3-4-20/h5-6,13-14,20H,3-4,7-12,15-17H2,1-2H3,(H2,41,48)(H,45,46,49). The highest BCUT2D eigenvalue weighted by Crippen LogP contribution is 2.44. The lowest BCUT2D eigenvalue weighted by atomic mass is 9.87. The lowest BCUT2D eigenvalue weighted by molar-refractivity contribution is -0.141. The van der Waals surface area contributed by atoms with Gasteiger partial charge in [-0.3, -0.25) is 14.6 Å². The number of aromatic nitrogens is 3. The Labute approximate surface area is 284 Å². The number of pyridine rings is 1. The highest BCUT2D eigenvalue weighted by Gasteiger charge is 2.48. The minimum Gasteiger partial charge on any atom is -0.373 e. The average Bonchev–Trinajstić information content (AvgIpc) is 3.98. The van der Waals surface area contributed by atoms with Gasteiger partial charge in [-0.2, -0.15) is 13.2 Å². The third kappa shape index (κ3) is 6.66. The smallest absolute Gasteiger partial charge is 0.373 e. The lowest BCUT2D eigenvalue weighted by Crippen LogP contribution is -2.49. The number of anilines is 1. The number of aryl methyl sites for hydroxylation is 2. The van der Waals surface area contributed by atoms with E-state index in [0.717, 1.165) is 6.07 Å². The summed E-state index contributed by atoms with van der Waals surface area (Å²) >= 11 is 0. The van der Waals surface area contributed by atoms with E-state index in [4.69, 9.17) is 15.5 Å². The summed E-state index contributed by atoms with van der Waals surface area (Å²) in [5.41, 5.74) is 5.34. The first-order valence-corrected chi connectivity index (χ1v) is 16.6. The second-order valence-corrected chi connectivity index (χ2v) is 13.8. The van der Waals surface area contributed by atoms with Crippen LogP contribution in [0.15, 0.2) is 29.3 Å². The molecular weight excluding hydrogens is 661 g/mol. The van der Waals surface area contributed by atoms with Crippen LogP contribution in [0.25, 0.3) is 11.1 Å². The Morgan fingerprint density at radius 1 is 1.06 bits per heavy atom. The molecule has 7 rings (SSSR count). The molecule has 2 aliphatic carbocycles. The molecule has 1 saturated heterocycles. The van der Waals surface area contributed by atoms with Gasteiger partial charge in [-0.1, -0.05) is 0 Å². The summed E-state index contributed by atoms with van der Waals surface area (Å²) in [7, 11) is 0. The molecule has 2 aromatic heterocycles. The molecule has 1 aromatic carbocycles. The van der Waals surface area contributed by atoms with Gasteiger partial charge in [0, 0.05) is 52.8 Å². The van der Waals surface area contributed by atoms with Crippen LogP contribution in [0.4, 0.5) is 27.6 Å². The highest BCUT2D eigenvalue weighted by atomic mass is 19.4. The van der Waals surface area contributed by atoms with Gasteiger partial charge in [-0.25, -0.2) is 23.7 Å². The summed E-state index contributed by atoms with van der Waals surface area (Å²) in [6.07, 6.45) is -2.03. The van der Waals surface area contributed by atoms with Crippen molar-refractivity contribution in [2.45, 2.75) is 88.7 Å². The number of aliphatic imine (C=N–C) groups is 1. The maximum absolute atomic E-state index is 16.0. The maximum Gasteiger partial charge on any atom is 0.433 e. The number of benzene rings is 1. The van der Waals surface area contributed by atoms with Crippen LogP contribution in [0, 0.1) is 19.7 Å². The normalized spacial score (nSPS) is 19.5. The summed E-state index contributed by atoms with van der Waals surface area (Å²) < 4.78 is 76.4. The maximum atomic E-state index is 16.0. The fraction of sp³-hybridized carbons (Fsp3) is 0.486. The quantitative estimate of drug-likeness (QED) is 0.280. The number of piperidine rings is 1. The molecule has 1 spiro atoms. The molecule has 3 aromatic rings. The zero-order valence-electron chi connectivity index (χ0n) is 27.6. The van der Waals surface area contributed by atoms with Crippen molar-refractivity contribution in [3.8, 4) is 11.1 Å². The van der Waals surface area contributed by atoms with Crippen molar-refractivity contribution in [2.75, 3.05) is 24.6 Å². The molecule has 0 radical (unpaired) electrons. The third-order valence-corrected chi connectivity index (χ3v) is 9.86. The summed E-state index contributed by atoms with van der Waals surface area (Å²) in [6, 6.07) is 5.39. The molecule has 2 saturated carbocycles. The zero-order valence-corrected chi connectivity index (χ0v) is 27.6. The van der Waals surface area contributed by atoms with E-state index in [1.54, 1.807) is 19.9 Å². The Kier molecular flexibility index (Phi) is 8.39. The van der Waals surface area contributed by atoms with Crippen molar-refractivity contribution < 1.29 is 36.3 Å². The summed E-state index contributed by atoms with van der Waals surface area (Å²) in [4.78, 5) is 44.4. The molecular formula is C35H36F5N7O3. The number of hydrogen-bond donors (Lipinski definition) is 2. The van der Waals surface area contributed by atoms with Crippen LogP contribution < -0.4 is 16.0 Å². The van der Waals surface area contributed by atoms with Crippen molar-refractivity contribution in [2.24, 2.45) is 10.7 Å². The highest BCUT2D eigenvalue weighted by molar-refractivity contribution is 6.16. The number of ether oxygens (including phenoxy) is 1. The van der Waals surface area contributed by atoms with E-state index in [1.807, 2.05) is 4.90 Å². The molecule has 3 N–H and O–H groups in total. The van der Waals surface area contributed by atoms with E-state index >= 15 is 4.39 Å². The molecule has 2 amide bonds. The van der Waals surface area contributed by atoms with Crippen LogP contribution in [0.5, 0.6) is 0 Å². The number of nitrogens with one attached hydrogen (secondary N) is 1. The van der Waals surface area contributed by atoms with Gasteiger partial charge in [0.2, 0.25) is 5.91 Å². The van der Waals surface area contributed by atoms with Gasteiger partial charge in [-0.05, 0) is 82.2 Å². The van der Waals surface area contributed by atoms with Crippen LogP contribution in [0.2, 0.25) is 0 Å². The second kappa shape index (κ2) is 12.4. The molecule has 4 aliphatic rings. The first-order valence-electron chi connectivity index (χ1n) is 16.6. The van der Waals surface area contributed by atoms with E-state index < -0.39 is 34.8 Å². The first-order chi connectivity index (χ1) is 23.6. The molecule has 10 nitrogen and oxygen atoms in total. The monoisotopic (exact) mass is 697 g/mol. The third-order valence-electron chi connectivity index (χ3n) is 9.86. The molecule has 50 heavy (non-hydrogen) atoms. The van der Waals surface area contributed by atoms with E-state index in [-0.39, 0.29) is 67.2 Å². The van der Waals surface area contributed by atoms with E-state index in [9.17, 15) is 27.2 Å². The number of halogens is 5. The van der Waals surface area contributed by atoms with Crippen molar-refractivity contribution in [1.82, 2.24) is 20.3 Å². The van der Waals surface area contributed by atoms with Crippen molar-refractivity contribution in [3.63, 3.8) is 0 Å². The Morgan fingerprint density at radius 3 is 2.34 bits per heavy atom. The number of hydrogen-bond acceptors (Lipinski definition) is 8. The van der Waals surface area contributed by atoms with Crippen molar-refractivity contribution in [1.29, 1.82) is 0 Å². The van der Waals surface area contributed by atoms with Gasteiger partial charge in [0.05, 0.1) is 25.3 Å². The van der Waals surface area contributed by atoms with Crippen LogP contribution in [-0.4, -0.2) is 63.5 Å². The van der Waals surface area contributed by atoms with Crippen molar-refractivity contribution >= 4 is 23.3 Å². The number of carbonyl (C=O) groups excluding carboxylic acids is 2. The number of nitrogens with zero attached hydrogens (tertiary/aromatic N) is 5. The number of amidine groups is 1. The first kappa shape index (κ1) is 33.9. The Bertz CT molecular complexity index is 1890. The Balaban J connectivity index is 1.18. The number of amides is 2. The average molecular weight is 698 g/mol. The van der Waals surface area contributed by atoms with Gasteiger partial charge < -0.3 is 20.7 Å². The van der Waals surface area contributed by atoms with Crippen LogP contribution >= 0.6 is 0 Å². The fourth-order valence-electron chi connectivity index (χ4n) is 6.85. The van der Waals surface area contributed by atoms with Gasteiger partial charge in [0.25, 0.3) is 5.91 Å². The summed E-state index contributed by atoms with van der Waals surface area (Å²) in [5, 5.41) is 2.81. The SMILES string of the molecule is Cc1nc(CC(N)=O)nc(C)c1-c1cc(F)c(COCC2(F)CC2)c(N2CCC3(CC2)N=C(c2ccc(C(F)(F)F)nc2C2CC2)NC3=O)c1. The molecule has 0 unspecified atom stereocenters. The van der Waals surface area contributed by atoms with Crippen molar-refractivity contribution in [3.05, 3.63) is 69.8 Å². The Morgan fingerprint density at radius 2 is 1.74 bits per heavy atom. The molecule has 3 fully saturated rings. The van der Waals surface area contributed by atoms with E-state index in [0.29, 0.717) is 72.5 Å². The molecule has 0 bridgehead atoms. The van der Waals surface area contributed by atoms with Gasteiger partial charge in [0.1, 0.15) is 34.4 Å². The summed E-state index contributed by atoms with van der Waals surface area (Å²) in [6.45, 7) is 3.73. The Hall–Kier alpha value is -4.53. The summed E-state index contributed by atoms with van der Waals surface area (Å²) in [5.74, 6) is -1.16. The van der Waals surface area contributed by atoms with E-state index in [2.05, 4.69) is 20.3 Å². The van der Waals surface area contributed by atoms with Gasteiger partial charge in [-0.15, -0.1) is 0 Å². The lowest BCUT2D eigenvalue weighted by Gasteiger charge is -2.38. The molecule has 4 heterocycles. The number of nitrogens with two attached hydrogens (primary N) is 1. The molecule has 2 aliphatic heterocycles. The van der Waals surface area contributed by atoms with Gasteiger partial charge in [0.15, 0.2) is 0 Å². The van der Waals surface area contributed by atoms with Crippen LogP contribution in [0.1, 0.15) is 84.2 Å². The van der Waals surface area contributed by atoms with E-state index in [1.165, 1.54) is 12.1 Å². The minimum absolute atomic E-state index is 0.127. The number of primary amides is 1. The minimum atomic E-state index is -4.60. The topological polar surface area (TPSA) is 136 Å². The second-order valence-electron chi connectivity index (χ2n) is 13.8. The van der Waals surface area contributed by atoms with Crippen LogP contribution in [0.3, 0.4) is 0 Å². The predicted molar refractivity (Wildman–Crippen MR) is 173 cm³/mol. The zero-order chi connectivity index (χ0) is 35.6. The van der Waals surface area contributed by atoms with Crippen LogP contribution in [-0.2, 0) is 33.5 Å². The number of rotatable bonds is 10. The predicted octanol–water partition coefficient (Wildman–Crippen LogP) is 5.15. The molecule has 15 heteroatoms.